The van der Waals surface area contributed by atoms with Crippen molar-refractivity contribution in [2.45, 2.75) is 43.1 Å². The maximum absolute atomic E-state index is 13.5. The number of sulfonamides is 1. The second kappa shape index (κ2) is 5.42. The normalized spacial score (nSPS) is 18.6. The largest absolute Gasteiger partial charge is 0.389 e. The first-order chi connectivity index (χ1) is 9.24. The van der Waals surface area contributed by atoms with E-state index in [9.17, 15) is 17.9 Å². The second-order valence-corrected chi connectivity index (χ2v) is 7.65. The topological polar surface area (TPSA) is 57.6 Å². The van der Waals surface area contributed by atoms with Gasteiger partial charge in [-0.25, -0.2) is 12.8 Å². The van der Waals surface area contributed by atoms with Crippen molar-refractivity contribution in [3.05, 3.63) is 29.6 Å². The number of aryl methyl sites for hydroxylation is 1. The van der Waals surface area contributed by atoms with Gasteiger partial charge < -0.3 is 5.11 Å². The van der Waals surface area contributed by atoms with Crippen molar-refractivity contribution in [1.82, 2.24) is 4.31 Å². The number of aliphatic hydroxyl groups is 1. The van der Waals surface area contributed by atoms with Gasteiger partial charge in [0.2, 0.25) is 10.0 Å². The summed E-state index contributed by atoms with van der Waals surface area (Å²) in [4.78, 5) is -0.0790. The Kier molecular flexibility index (Phi) is 4.18. The van der Waals surface area contributed by atoms with E-state index < -0.39 is 21.4 Å². The molecule has 1 aromatic carbocycles. The summed E-state index contributed by atoms with van der Waals surface area (Å²) in [7, 11) is -2.35. The maximum atomic E-state index is 13.5. The molecular formula is C14H20FNO3S. The average molecular weight is 301 g/mol. The summed E-state index contributed by atoms with van der Waals surface area (Å²) >= 11 is 0. The molecule has 0 amide bonds. The lowest BCUT2D eigenvalue weighted by molar-refractivity contribution is 0.0333. The molecule has 1 fully saturated rings. The first-order valence-electron chi connectivity index (χ1n) is 6.69. The van der Waals surface area contributed by atoms with Crippen LogP contribution in [0.25, 0.3) is 0 Å². The van der Waals surface area contributed by atoms with Crippen LogP contribution in [0, 0.1) is 12.7 Å². The number of rotatable bonds is 4. The molecule has 0 saturated heterocycles. The Morgan fingerprint density at radius 2 is 1.95 bits per heavy atom. The molecule has 1 aliphatic rings. The fourth-order valence-electron chi connectivity index (χ4n) is 2.60. The lowest BCUT2D eigenvalue weighted by Gasteiger charge is -2.28. The predicted octanol–water partition coefficient (Wildman–Crippen LogP) is 2.06. The maximum Gasteiger partial charge on any atom is 0.243 e. The van der Waals surface area contributed by atoms with Crippen LogP contribution in [0.3, 0.4) is 0 Å². The van der Waals surface area contributed by atoms with Gasteiger partial charge in [-0.2, -0.15) is 4.31 Å². The standard InChI is InChI=1S/C14H20FNO3S/c1-11-5-6-12(9-13(11)15)20(18,19)16(2)10-14(17)7-3-4-8-14/h5-6,9,17H,3-4,7-8,10H2,1-2H3. The van der Waals surface area contributed by atoms with Crippen molar-refractivity contribution in [2.75, 3.05) is 13.6 Å². The fraction of sp³-hybridized carbons (Fsp3) is 0.571. The molecule has 2 rings (SSSR count). The second-order valence-electron chi connectivity index (χ2n) is 5.60. The zero-order valence-electron chi connectivity index (χ0n) is 11.8. The lowest BCUT2D eigenvalue weighted by atomic mass is 10.0. The van der Waals surface area contributed by atoms with Crippen molar-refractivity contribution in [3.63, 3.8) is 0 Å². The summed E-state index contributed by atoms with van der Waals surface area (Å²) in [5, 5.41) is 10.3. The minimum absolute atomic E-state index is 0.0465. The van der Waals surface area contributed by atoms with Crippen molar-refractivity contribution in [2.24, 2.45) is 0 Å². The number of likely N-dealkylation sites (N-methyl/N-ethyl adjacent to an activating group) is 1. The highest BCUT2D eigenvalue weighted by atomic mass is 32.2. The van der Waals surface area contributed by atoms with Crippen LogP contribution in [-0.2, 0) is 10.0 Å². The summed E-state index contributed by atoms with van der Waals surface area (Å²) in [5.74, 6) is -0.543. The molecule has 1 aliphatic carbocycles. The molecule has 0 heterocycles. The van der Waals surface area contributed by atoms with Crippen molar-refractivity contribution < 1.29 is 17.9 Å². The van der Waals surface area contributed by atoms with Crippen LogP contribution in [0.2, 0.25) is 0 Å². The van der Waals surface area contributed by atoms with E-state index in [2.05, 4.69) is 0 Å². The molecule has 0 unspecified atom stereocenters. The molecule has 0 aromatic heterocycles. The minimum atomic E-state index is -3.77. The van der Waals surface area contributed by atoms with E-state index in [0.29, 0.717) is 18.4 Å². The zero-order valence-corrected chi connectivity index (χ0v) is 12.6. The Hall–Kier alpha value is -0.980. The zero-order chi connectivity index (χ0) is 15.0. The van der Waals surface area contributed by atoms with Crippen molar-refractivity contribution >= 4 is 10.0 Å². The first kappa shape index (κ1) is 15.4. The van der Waals surface area contributed by atoms with Crippen LogP contribution >= 0.6 is 0 Å². The highest BCUT2D eigenvalue weighted by molar-refractivity contribution is 7.89. The number of benzene rings is 1. The fourth-order valence-corrected chi connectivity index (χ4v) is 3.87. The Morgan fingerprint density at radius 1 is 1.35 bits per heavy atom. The van der Waals surface area contributed by atoms with E-state index in [1.54, 1.807) is 6.92 Å². The van der Waals surface area contributed by atoms with Gasteiger partial charge >= 0.3 is 0 Å². The smallest absolute Gasteiger partial charge is 0.243 e. The summed E-state index contributed by atoms with van der Waals surface area (Å²) in [6.07, 6.45) is 3.03. The van der Waals surface area contributed by atoms with Gasteiger partial charge in [0.25, 0.3) is 0 Å². The molecule has 0 aliphatic heterocycles. The van der Waals surface area contributed by atoms with Crippen LogP contribution < -0.4 is 0 Å². The Bertz CT molecular complexity index is 594. The van der Waals surface area contributed by atoms with Gasteiger partial charge in [-0.3, -0.25) is 0 Å². The summed E-state index contributed by atoms with van der Waals surface area (Å²) in [5.41, 5.74) is -0.550. The Labute approximate surface area is 119 Å². The predicted molar refractivity (Wildman–Crippen MR) is 74.4 cm³/mol. The Morgan fingerprint density at radius 3 is 2.50 bits per heavy atom. The van der Waals surface area contributed by atoms with Gasteiger partial charge in [0.1, 0.15) is 5.82 Å². The monoisotopic (exact) mass is 301 g/mol. The SMILES string of the molecule is Cc1ccc(S(=O)(=O)N(C)CC2(O)CCCC2)cc1F. The number of halogens is 1. The summed E-state index contributed by atoms with van der Waals surface area (Å²) in [6.45, 7) is 1.63. The third kappa shape index (κ3) is 3.02. The van der Waals surface area contributed by atoms with E-state index >= 15 is 0 Å². The van der Waals surface area contributed by atoms with E-state index in [1.807, 2.05) is 0 Å². The third-order valence-corrected chi connectivity index (χ3v) is 5.70. The van der Waals surface area contributed by atoms with Gasteiger partial charge in [0.05, 0.1) is 10.5 Å². The molecule has 1 N–H and O–H groups in total. The first-order valence-corrected chi connectivity index (χ1v) is 8.13. The molecule has 0 radical (unpaired) electrons. The van der Waals surface area contributed by atoms with E-state index in [4.69, 9.17) is 0 Å². The highest BCUT2D eigenvalue weighted by Gasteiger charge is 2.35. The minimum Gasteiger partial charge on any atom is -0.389 e. The highest BCUT2D eigenvalue weighted by Crippen LogP contribution is 2.31. The number of nitrogens with zero attached hydrogens (tertiary/aromatic N) is 1. The molecule has 6 heteroatoms. The summed E-state index contributed by atoms with van der Waals surface area (Å²) in [6, 6.07) is 3.86. The van der Waals surface area contributed by atoms with Gasteiger partial charge in [0, 0.05) is 13.6 Å². The van der Waals surface area contributed by atoms with Gasteiger partial charge in [-0.1, -0.05) is 18.9 Å². The number of hydrogen-bond donors (Lipinski definition) is 1. The molecule has 112 valence electrons. The molecule has 1 aromatic rings. The third-order valence-electron chi connectivity index (χ3n) is 3.90. The quantitative estimate of drug-likeness (QED) is 0.926. The van der Waals surface area contributed by atoms with Gasteiger partial charge in [0.15, 0.2) is 0 Å². The van der Waals surface area contributed by atoms with Crippen molar-refractivity contribution in [1.29, 1.82) is 0 Å². The molecule has 0 bridgehead atoms. The van der Waals surface area contributed by atoms with Crippen LogP contribution in [0.4, 0.5) is 4.39 Å². The summed E-state index contributed by atoms with van der Waals surface area (Å²) < 4.78 is 39.4. The van der Waals surface area contributed by atoms with Crippen LogP contribution in [0.15, 0.2) is 23.1 Å². The average Bonchev–Trinajstić information content (AvgIpc) is 2.79. The number of hydrogen-bond acceptors (Lipinski definition) is 3. The van der Waals surface area contributed by atoms with E-state index in [0.717, 1.165) is 23.2 Å². The Balaban J connectivity index is 2.22. The van der Waals surface area contributed by atoms with Gasteiger partial charge in [-0.15, -0.1) is 0 Å². The van der Waals surface area contributed by atoms with Gasteiger partial charge in [-0.05, 0) is 37.5 Å². The molecule has 20 heavy (non-hydrogen) atoms. The molecule has 4 nitrogen and oxygen atoms in total. The van der Waals surface area contributed by atoms with Crippen LogP contribution in [-0.4, -0.2) is 37.0 Å². The van der Waals surface area contributed by atoms with Crippen LogP contribution in [0.1, 0.15) is 31.2 Å². The lowest BCUT2D eigenvalue weighted by Crippen LogP contribution is -2.42. The molecule has 0 spiro atoms. The molecule has 0 atom stereocenters. The van der Waals surface area contributed by atoms with Crippen molar-refractivity contribution in [3.8, 4) is 0 Å². The van der Waals surface area contributed by atoms with E-state index in [1.165, 1.54) is 19.2 Å². The van der Waals surface area contributed by atoms with Crippen LogP contribution in [0.5, 0.6) is 0 Å². The van der Waals surface area contributed by atoms with E-state index in [-0.39, 0.29) is 11.4 Å². The molecular weight excluding hydrogens is 281 g/mol. The molecule has 1 saturated carbocycles.